The van der Waals surface area contributed by atoms with Crippen LogP contribution in [0.2, 0.25) is 0 Å². The van der Waals surface area contributed by atoms with Crippen LogP contribution in [0.15, 0.2) is 51.4 Å². The lowest BCUT2D eigenvalue weighted by Gasteiger charge is -2.32. The number of nitrogens with zero attached hydrogens (tertiary/aromatic N) is 4. The molecule has 0 aliphatic carbocycles. The topological polar surface area (TPSA) is 98.0 Å². The highest BCUT2D eigenvalue weighted by Crippen LogP contribution is 2.37. The Morgan fingerprint density at radius 2 is 1.94 bits per heavy atom. The number of halogens is 1. The van der Waals surface area contributed by atoms with E-state index in [1.807, 2.05) is 47.4 Å². The quantitative estimate of drug-likeness (QED) is 0.495. The van der Waals surface area contributed by atoms with Crippen LogP contribution in [0.4, 0.5) is 5.69 Å². The summed E-state index contributed by atoms with van der Waals surface area (Å²) in [5, 5.41) is 8.50. The van der Waals surface area contributed by atoms with Crippen LogP contribution in [0.25, 0.3) is 11.5 Å². The second kappa shape index (κ2) is 8.99. The van der Waals surface area contributed by atoms with Crippen molar-refractivity contribution < 1.29 is 23.5 Å². The molecule has 180 valence electrons. The molecular weight excluding hydrogens is 516 g/mol. The minimum Gasteiger partial charge on any atom is -0.454 e. The smallest absolute Gasteiger partial charge is 0.247 e. The zero-order chi connectivity index (χ0) is 23.9. The maximum Gasteiger partial charge on any atom is 0.247 e. The van der Waals surface area contributed by atoms with Gasteiger partial charge in [0.25, 0.3) is 0 Å². The first-order valence-electron chi connectivity index (χ1n) is 11.6. The predicted molar refractivity (Wildman–Crippen MR) is 129 cm³/mol. The van der Waals surface area contributed by atoms with E-state index in [2.05, 4.69) is 26.1 Å². The number of rotatable bonds is 4. The van der Waals surface area contributed by atoms with Gasteiger partial charge in [-0.1, -0.05) is 22.0 Å². The molecule has 3 aromatic rings. The largest absolute Gasteiger partial charge is 0.454 e. The van der Waals surface area contributed by atoms with E-state index in [1.165, 1.54) is 0 Å². The van der Waals surface area contributed by atoms with E-state index in [1.54, 1.807) is 4.90 Å². The van der Waals surface area contributed by atoms with Crippen LogP contribution in [-0.4, -0.2) is 53.3 Å². The number of ether oxygens (including phenoxy) is 2. The summed E-state index contributed by atoms with van der Waals surface area (Å²) < 4.78 is 17.7. The lowest BCUT2D eigenvalue weighted by molar-refractivity contribution is -0.137. The summed E-state index contributed by atoms with van der Waals surface area (Å²) in [4.78, 5) is 29.6. The molecule has 6 rings (SSSR count). The molecule has 0 N–H and O–H groups in total. The Hall–Kier alpha value is -3.40. The highest BCUT2D eigenvalue weighted by Gasteiger charge is 2.39. The third-order valence-corrected chi connectivity index (χ3v) is 7.23. The number of amides is 2. The highest BCUT2D eigenvalue weighted by molar-refractivity contribution is 9.10. The van der Waals surface area contributed by atoms with Gasteiger partial charge in [0.1, 0.15) is 0 Å². The summed E-state index contributed by atoms with van der Waals surface area (Å²) in [6.45, 7) is 1.76. The fourth-order valence-corrected chi connectivity index (χ4v) is 5.34. The van der Waals surface area contributed by atoms with Crippen LogP contribution in [0, 0.1) is 5.92 Å². The summed E-state index contributed by atoms with van der Waals surface area (Å²) in [5.74, 6) is 1.87. The van der Waals surface area contributed by atoms with Crippen LogP contribution in [0.3, 0.4) is 0 Å². The fraction of sp³-hybridized carbons (Fsp3) is 0.360. The van der Waals surface area contributed by atoms with Gasteiger partial charge in [-0.15, -0.1) is 10.2 Å². The van der Waals surface area contributed by atoms with Gasteiger partial charge in [0.2, 0.25) is 30.4 Å². The summed E-state index contributed by atoms with van der Waals surface area (Å²) in [7, 11) is 0. The third kappa shape index (κ3) is 4.27. The van der Waals surface area contributed by atoms with Crippen molar-refractivity contribution in [1.29, 1.82) is 0 Å². The number of piperidine rings is 1. The predicted octanol–water partition coefficient (Wildman–Crippen LogP) is 3.99. The van der Waals surface area contributed by atoms with Crippen molar-refractivity contribution in [2.75, 3.05) is 31.3 Å². The molecule has 2 unspecified atom stereocenters. The number of likely N-dealkylation sites (tertiary alicyclic amines) is 1. The number of aromatic nitrogens is 2. The van der Waals surface area contributed by atoms with E-state index < -0.39 is 0 Å². The third-order valence-electron chi connectivity index (χ3n) is 6.74. The zero-order valence-electron chi connectivity index (χ0n) is 18.9. The first kappa shape index (κ1) is 22.1. The molecule has 3 aliphatic rings. The van der Waals surface area contributed by atoms with E-state index in [0.717, 1.165) is 28.6 Å². The lowest BCUT2D eigenvalue weighted by atomic mass is 9.96. The number of carbonyl (C=O) groups excluding carboxylic acids is 2. The molecule has 35 heavy (non-hydrogen) atoms. The monoisotopic (exact) mass is 538 g/mol. The molecule has 10 heteroatoms. The van der Waals surface area contributed by atoms with Gasteiger partial charge in [0.15, 0.2) is 11.5 Å². The number of hydrogen-bond acceptors (Lipinski definition) is 7. The highest BCUT2D eigenvalue weighted by atomic mass is 79.9. The van der Waals surface area contributed by atoms with E-state index in [4.69, 9.17) is 13.9 Å². The minimum atomic E-state index is -0.355. The lowest BCUT2D eigenvalue weighted by Crippen LogP contribution is -2.43. The van der Waals surface area contributed by atoms with Crippen molar-refractivity contribution in [3.05, 3.63) is 52.8 Å². The zero-order valence-corrected chi connectivity index (χ0v) is 20.4. The maximum absolute atomic E-state index is 13.3. The molecular formula is C25H23BrN4O5. The normalized spacial score (nSPS) is 21.6. The Kier molecular flexibility index (Phi) is 5.68. The van der Waals surface area contributed by atoms with E-state index >= 15 is 0 Å². The van der Waals surface area contributed by atoms with Crippen LogP contribution in [-0.2, 0) is 9.59 Å². The molecule has 0 saturated carbocycles. The Labute approximate surface area is 210 Å². The molecule has 4 heterocycles. The van der Waals surface area contributed by atoms with Crippen LogP contribution in [0.5, 0.6) is 11.5 Å². The van der Waals surface area contributed by atoms with Gasteiger partial charge < -0.3 is 23.7 Å². The molecule has 1 aromatic heterocycles. The number of fused-ring (bicyclic) bond motifs is 1. The van der Waals surface area contributed by atoms with Gasteiger partial charge in [-0.3, -0.25) is 9.59 Å². The van der Waals surface area contributed by atoms with E-state index in [-0.39, 0.29) is 36.9 Å². The summed E-state index contributed by atoms with van der Waals surface area (Å²) >= 11 is 3.45. The average Bonchev–Trinajstić information content (AvgIpc) is 3.63. The van der Waals surface area contributed by atoms with E-state index in [0.29, 0.717) is 42.9 Å². The van der Waals surface area contributed by atoms with Gasteiger partial charge in [0.05, 0.1) is 11.8 Å². The molecule has 0 bridgehead atoms. The Morgan fingerprint density at radius 1 is 1.06 bits per heavy atom. The Balaban J connectivity index is 1.13. The average molecular weight is 539 g/mol. The van der Waals surface area contributed by atoms with Crippen molar-refractivity contribution in [3.63, 3.8) is 0 Å². The molecule has 2 saturated heterocycles. The van der Waals surface area contributed by atoms with Crippen molar-refractivity contribution in [2.45, 2.75) is 25.2 Å². The molecule has 2 amide bonds. The second-order valence-corrected chi connectivity index (χ2v) is 9.94. The summed E-state index contributed by atoms with van der Waals surface area (Å²) in [6.07, 6.45) is 1.93. The Morgan fingerprint density at radius 3 is 2.83 bits per heavy atom. The molecule has 3 aliphatic heterocycles. The molecule has 2 atom stereocenters. The van der Waals surface area contributed by atoms with Gasteiger partial charge in [0, 0.05) is 41.8 Å². The second-order valence-electron chi connectivity index (χ2n) is 9.02. The van der Waals surface area contributed by atoms with Crippen molar-refractivity contribution in [3.8, 4) is 23.0 Å². The molecule has 0 spiro atoms. The van der Waals surface area contributed by atoms with Gasteiger partial charge >= 0.3 is 0 Å². The van der Waals surface area contributed by atoms with Crippen LogP contribution >= 0.6 is 15.9 Å². The first-order valence-corrected chi connectivity index (χ1v) is 12.4. The van der Waals surface area contributed by atoms with Crippen LogP contribution < -0.4 is 14.4 Å². The van der Waals surface area contributed by atoms with Gasteiger partial charge in [-0.2, -0.15) is 0 Å². The fourth-order valence-electron chi connectivity index (χ4n) is 4.95. The van der Waals surface area contributed by atoms with Crippen molar-refractivity contribution in [1.82, 2.24) is 15.1 Å². The van der Waals surface area contributed by atoms with Crippen LogP contribution in [0.1, 0.15) is 31.1 Å². The SMILES string of the molecule is O=C(C1CC(=O)N(c2cccc(Br)c2)C1)N1CCCC(c2nnc(-c3ccc4c(c3)OCO4)o2)C1. The van der Waals surface area contributed by atoms with Crippen molar-refractivity contribution >= 4 is 33.4 Å². The molecule has 0 radical (unpaired) electrons. The van der Waals surface area contributed by atoms with E-state index in [9.17, 15) is 9.59 Å². The van der Waals surface area contributed by atoms with Gasteiger partial charge in [-0.25, -0.2) is 0 Å². The molecule has 2 fully saturated rings. The molecule has 9 nitrogen and oxygen atoms in total. The van der Waals surface area contributed by atoms with Crippen molar-refractivity contribution in [2.24, 2.45) is 5.92 Å². The van der Waals surface area contributed by atoms with Gasteiger partial charge in [-0.05, 0) is 49.2 Å². The summed E-state index contributed by atoms with van der Waals surface area (Å²) in [5.41, 5.74) is 1.56. The maximum atomic E-state index is 13.3. The number of carbonyl (C=O) groups is 2. The number of benzene rings is 2. The first-order chi connectivity index (χ1) is 17.0. The minimum absolute atomic E-state index is 0.0102. The number of anilines is 1. The summed E-state index contributed by atoms with van der Waals surface area (Å²) in [6, 6.07) is 13.1. The Bertz CT molecular complexity index is 1290. The standard InChI is InChI=1S/C25H23BrN4O5/c26-18-4-1-5-19(11-18)30-13-17(10-22(30)31)25(32)29-8-2-3-16(12-29)24-28-27-23(35-24)15-6-7-20-21(9-15)34-14-33-20/h1,4-7,9,11,16-17H,2-3,8,10,12-14H2. The number of hydrogen-bond donors (Lipinski definition) is 0. The molecule has 2 aromatic carbocycles.